The number of thiazole rings is 1. The zero-order valence-corrected chi connectivity index (χ0v) is 15.7. The molecule has 0 atom stereocenters. The number of benzene rings is 1. The van der Waals surface area contributed by atoms with Crippen molar-refractivity contribution in [1.82, 2.24) is 4.98 Å². The van der Waals surface area contributed by atoms with Gasteiger partial charge >= 0.3 is 0 Å². The van der Waals surface area contributed by atoms with Crippen LogP contribution in [0.2, 0.25) is 18.1 Å². The average molecular weight is 334 g/mol. The maximum absolute atomic E-state index is 12.3. The first-order valence-electron chi connectivity index (χ1n) is 7.39. The van der Waals surface area contributed by atoms with Crippen LogP contribution in [0.4, 0.5) is 0 Å². The van der Waals surface area contributed by atoms with Crippen LogP contribution in [0.5, 0.6) is 0 Å². The maximum Gasteiger partial charge on any atom is 0.221 e. The molecule has 0 unspecified atom stereocenters. The summed E-state index contributed by atoms with van der Waals surface area (Å²) in [4.78, 5) is 17.6. The molecule has 0 N–H and O–H groups in total. The van der Waals surface area contributed by atoms with E-state index in [1.165, 1.54) is 11.3 Å². The van der Waals surface area contributed by atoms with Gasteiger partial charge in [0, 0.05) is 16.6 Å². The summed E-state index contributed by atoms with van der Waals surface area (Å²) in [6.45, 7) is 11.6. The molecule has 2 rings (SSSR count). The van der Waals surface area contributed by atoms with E-state index in [2.05, 4.69) is 38.8 Å². The summed E-state index contributed by atoms with van der Waals surface area (Å²) in [6, 6.07) is 9.26. The van der Waals surface area contributed by atoms with Crippen molar-refractivity contribution < 1.29 is 9.22 Å². The minimum Gasteiger partial charge on any atom is -0.412 e. The van der Waals surface area contributed by atoms with Gasteiger partial charge in [0.2, 0.25) is 5.78 Å². The van der Waals surface area contributed by atoms with Crippen molar-refractivity contribution in [3.8, 4) is 0 Å². The molecule has 0 spiro atoms. The molecule has 0 aliphatic heterocycles. The van der Waals surface area contributed by atoms with E-state index in [0.717, 1.165) is 4.88 Å². The number of hydrogen-bond donors (Lipinski definition) is 0. The van der Waals surface area contributed by atoms with Crippen LogP contribution >= 0.6 is 11.3 Å². The molecule has 0 amide bonds. The van der Waals surface area contributed by atoms with Gasteiger partial charge in [-0.25, -0.2) is 4.98 Å². The smallest absolute Gasteiger partial charge is 0.221 e. The van der Waals surface area contributed by atoms with Crippen LogP contribution in [-0.4, -0.2) is 19.1 Å². The second-order valence-corrected chi connectivity index (χ2v) is 12.8. The van der Waals surface area contributed by atoms with Gasteiger partial charge in [-0.3, -0.25) is 4.79 Å². The lowest BCUT2D eigenvalue weighted by Crippen LogP contribution is -2.40. The molecule has 5 heteroatoms. The van der Waals surface area contributed by atoms with E-state index in [4.69, 9.17) is 4.43 Å². The zero-order chi connectivity index (χ0) is 16.4. The SMILES string of the molecule is CC(C)(C)[Si](C)(C)OCc1cnc(C(=O)c2ccccc2)s1. The topological polar surface area (TPSA) is 39.2 Å². The highest BCUT2D eigenvalue weighted by Crippen LogP contribution is 2.37. The first-order valence-corrected chi connectivity index (χ1v) is 11.1. The standard InChI is InChI=1S/C17H23NO2SSi/c1-17(2,3)22(4,5)20-12-14-11-18-16(21-14)15(19)13-9-7-6-8-10-13/h6-11H,12H2,1-5H3. The number of aromatic nitrogens is 1. The molecule has 0 saturated heterocycles. The summed E-state index contributed by atoms with van der Waals surface area (Å²) in [5.41, 5.74) is 0.675. The Bertz CT molecular complexity index is 644. The molecule has 22 heavy (non-hydrogen) atoms. The highest BCUT2D eigenvalue weighted by atomic mass is 32.1. The summed E-state index contributed by atoms with van der Waals surface area (Å²) in [5, 5.41) is 0.709. The van der Waals surface area contributed by atoms with Crippen LogP contribution in [0.1, 0.15) is 41.0 Å². The predicted octanol–water partition coefficient (Wildman–Crippen LogP) is 4.90. The largest absolute Gasteiger partial charge is 0.412 e. The predicted molar refractivity (Wildman–Crippen MR) is 94.0 cm³/mol. The number of nitrogens with zero attached hydrogens (tertiary/aromatic N) is 1. The highest BCUT2D eigenvalue weighted by Gasteiger charge is 2.37. The molecular weight excluding hydrogens is 310 g/mol. The van der Waals surface area contributed by atoms with E-state index in [-0.39, 0.29) is 10.8 Å². The second kappa shape index (κ2) is 6.44. The molecule has 0 aliphatic carbocycles. The van der Waals surface area contributed by atoms with Gasteiger partial charge in [-0.1, -0.05) is 51.1 Å². The summed E-state index contributed by atoms with van der Waals surface area (Å²) in [5.74, 6) is -0.0239. The van der Waals surface area contributed by atoms with Crippen molar-refractivity contribution >= 4 is 25.4 Å². The monoisotopic (exact) mass is 333 g/mol. The average Bonchev–Trinajstić information content (AvgIpc) is 2.93. The van der Waals surface area contributed by atoms with Gasteiger partial charge < -0.3 is 4.43 Å². The van der Waals surface area contributed by atoms with E-state index in [1.54, 1.807) is 6.20 Å². The summed E-state index contributed by atoms with van der Waals surface area (Å²) < 4.78 is 6.18. The Labute approximate surface area is 137 Å². The Kier molecular flexibility index (Phi) is 4.99. The molecule has 0 radical (unpaired) electrons. The Hall–Kier alpha value is -1.30. The van der Waals surface area contributed by atoms with Crippen LogP contribution in [0.15, 0.2) is 36.5 Å². The van der Waals surface area contributed by atoms with Crippen molar-refractivity contribution in [2.75, 3.05) is 0 Å². The maximum atomic E-state index is 12.3. The number of ketones is 1. The summed E-state index contributed by atoms with van der Waals surface area (Å²) >= 11 is 1.42. The van der Waals surface area contributed by atoms with Crippen LogP contribution in [-0.2, 0) is 11.0 Å². The van der Waals surface area contributed by atoms with E-state index < -0.39 is 8.32 Å². The van der Waals surface area contributed by atoms with E-state index in [0.29, 0.717) is 17.2 Å². The number of rotatable bonds is 5. The van der Waals surface area contributed by atoms with Crippen LogP contribution < -0.4 is 0 Å². The third kappa shape index (κ3) is 3.91. The molecule has 1 aromatic carbocycles. The molecule has 0 bridgehead atoms. The summed E-state index contributed by atoms with van der Waals surface area (Å²) in [7, 11) is -1.78. The third-order valence-electron chi connectivity index (χ3n) is 4.17. The van der Waals surface area contributed by atoms with Gasteiger partial charge in [0.05, 0.1) is 6.61 Å². The molecule has 0 fully saturated rings. The lowest BCUT2D eigenvalue weighted by Gasteiger charge is -2.35. The van der Waals surface area contributed by atoms with Crippen molar-refractivity contribution in [3.63, 3.8) is 0 Å². The number of carbonyl (C=O) groups excluding carboxylic acids is 1. The first-order chi connectivity index (χ1) is 10.2. The van der Waals surface area contributed by atoms with E-state index in [1.807, 2.05) is 30.3 Å². The van der Waals surface area contributed by atoms with Crippen LogP contribution in [0.25, 0.3) is 0 Å². The Balaban J connectivity index is 2.05. The van der Waals surface area contributed by atoms with Crippen molar-refractivity contribution in [1.29, 1.82) is 0 Å². The Morgan fingerprint density at radius 1 is 1.23 bits per heavy atom. The van der Waals surface area contributed by atoms with Gasteiger partial charge in [-0.2, -0.15) is 0 Å². The van der Waals surface area contributed by atoms with E-state index >= 15 is 0 Å². The zero-order valence-electron chi connectivity index (χ0n) is 13.8. The van der Waals surface area contributed by atoms with Gasteiger partial charge in [0.15, 0.2) is 13.3 Å². The fourth-order valence-corrected chi connectivity index (χ4v) is 3.50. The lowest BCUT2D eigenvalue weighted by molar-refractivity contribution is 0.103. The van der Waals surface area contributed by atoms with E-state index in [9.17, 15) is 4.79 Å². The number of carbonyl (C=O) groups is 1. The fraction of sp³-hybridized carbons (Fsp3) is 0.412. The highest BCUT2D eigenvalue weighted by molar-refractivity contribution is 7.13. The van der Waals surface area contributed by atoms with Crippen molar-refractivity contribution in [2.24, 2.45) is 0 Å². The molecule has 3 nitrogen and oxygen atoms in total. The first kappa shape index (κ1) is 17.1. The molecule has 118 valence electrons. The third-order valence-corrected chi connectivity index (χ3v) is 9.61. The molecule has 2 aromatic rings. The lowest BCUT2D eigenvalue weighted by atomic mass is 10.1. The van der Waals surface area contributed by atoms with Gasteiger partial charge in [-0.15, -0.1) is 11.3 Å². The quantitative estimate of drug-likeness (QED) is 0.577. The Morgan fingerprint density at radius 2 is 1.86 bits per heavy atom. The molecule has 0 saturated carbocycles. The van der Waals surface area contributed by atoms with Crippen LogP contribution in [0, 0.1) is 0 Å². The molecule has 0 aliphatic rings. The second-order valence-electron chi connectivity index (χ2n) is 6.88. The minimum atomic E-state index is -1.78. The molecular formula is C17H23NO2SSi. The van der Waals surface area contributed by atoms with Crippen LogP contribution in [0.3, 0.4) is 0 Å². The van der Waals surface area contributed by atoms with Crippen molar-refractivity contribution in [3.05, 3.63) is 52.0 Å². The summed E-state index contributed by atoms with van der Waals surface area (Å²) in [6.07, 6.45) is 1.76. The minimum absolute atomic E-state index is 0.0239. The number of hydrogen-bond acceptors (Lipinski definition) is 4. The Morgan fingerprint density at radius 3 is 2.45 bits per heavy atom. The molecule has 1 heterocycles. The van der Waals surface area contributed by atoms with Crippen molar-refractivity contribution in [2.45, 2.75) is 45.5 Å². The fourth-order valence-electron chi connectivity index (χ4n) is 1.66. The molecule has 1 aromatic heterocycles. The van der Waals surface area contributed by atoms with Gasteiger partial charge in [-0.05, 0) is 18.1 Å². The van der Waals surface area contributed by atoms with Gasteiger partial charge in [0.25, 0.3) is 0 Å². The van der Waals surface area contributed by atoms with Gasteiger partial charge in [0.1, 0.15) is 0 Å². The normalized spacial score (nSPS) is 12.4.